The van der Waals surface area contributed by atoms with Crippen molar-refractivity contribution in [2.45, 2.75) is 26.4 Å². The van der Waals surface area contributed by atoms with Gasteiger partial charge >= 0.3 is 0 Å². The lowest BCUT2D eigenvalue weighted by atomic mass is 10.1. The fourth-order valence-electron chi connectivity index (χ4n) is 1.72. The Bertz CT molecular complexity index is 289. The number of anilines is 1. The summed E-state index contributed by atoms with van der Waals surface area (Å²) in [6.45, 7) is 5.63. The van der Waals surface area contributed by atoms with E-state index in [1.165, 1.54) is 0 Å². The Balaban J connectivity index is 2.76. The molecule has 0 amide bonds. The standard InChI is InChI=1S/C13H21NO2/c1-3-8-14(9-10-15)13-6-4-12(5-7-13)11(2)16/h4-7,11,15-16H,3,8-10H2,1-2H3/t11-/m1/s1. The van der Waals surface area contributed by atoms with Gasteiger partial charge in [-0.15, -0.1) is 0 Å². The Hall–Kier alpha value is -1.06. The molecule has 16 heavy (non-hydrogen) atoms. The molecule has 0 unspecified atom stereocenters. The van der Waals surface area contributed by atoms with Gasteiger partial charge in [0.25, 0.3) is 0 Å². The molecule has 0 bridgehead atoms. The minimum absolute atomic E-state index is 0.165. The number of rotatable bonds is 6. The number of hydrogen-bond donors (Lipinski definition) is 2. The maximum Gasteiger partial charge on any atom is 0.0761 e. The van der Waals surface area contributed by atoms with Gasteiger partial charge in [0.05, 0.1) is 12.7 Å². The van der Waals surface area contributed by atoms with Gasteiger partial charge in [0, 0.05) is 18.8 Å². The number of benzene rings is 1. The second kappa shape index (κ2) is 6.51. The summed E-state index contributed by atoms with van der Waals surface area (Å²) in [5.74, 6) is 0. The van der Waals surface area contributed by atoms with E-state index in [1.54, 1.807) is 6.92 Å². The number of aliphatic hydroxyl groups excluding tert-OH is 2. The topological polar surface area (TPSA) is 43.7 Å². The zero-order valence-electron chi connectivity index (χ0n) is 10.1. The van der Waals surface area contributed by atoms with Crippen LogP contribution in [0, 0.1) is 0 Å². The van der Waals surface area contributed by atoms with Gasteiger partial charge in [-0.25, -0.2) is 0 Å². The molecule has 0 saturated carbocycles. The zero-order valence-corrected chi connectivity index (χ0v) is 10.1. The molecule has 1 aromatic rings. The normalized spacial score (nSPS) is 12.5. The monoisotopic (exact) mass is 223 g/mol. The first-order valence-corrected chi connectivity index (χ1v) is 5.82. The predicted molar refractivity (Wildman–Crippen MR) is 66.7 cm³/mol. The summed E-state index contributed by atoms with van der Waals surface area (Å²) in [6.07, 6.45) is 0.629. The molecular weight excluding hydrogens is 202 g/mol. The minimum Gasteiger partial charge on any atom is -0.395 e. The third-order valence-corrected chi connectivity index (χ3v) is 2.60. The second-order valence-electron chi connectivity index (χ2n) is 3.98. The summed E-state index contributed by atoms with van der Waals surface area (Å²) in [5.41, 5.74) is 2.02. The highest BCUT2D eigenvalue weighted by molar-refractivity contribution is 5.47. The summed E-state index contributed by atoms with van der Waals surface area (Å²) in [4.78, 5) is 2.14. The molecule has 0 heterocycles. The van der Waals surface area contributed by atoms with Crippen LogP contribution in [0.2, 0.25) is 0 Å². The molecule has 3 heteroatoms. The van der Waals surface area contributed by atoms with Crippen molar-refractivity contribution >= 4 is 5.69 Å². The molecule has 1 rings (SSSR count). The molecule has 90 valence electrons. The van der Waals surface area contributed by atoms with Gasteiger partial charge in [-0.3, -0.25) is 0 Å². The fourth-order valence-corrected chi connectivity index (χ4v) is 1.72. The quantitative estimate of drug-likeness (QED) is 0.774. The molecule has 3 nitrogen and oxygen atoms in total. The van der Waals surface area contributed by atoms with Crippen LogP contribution in [0.1, 0.15) is 31.9 Å². The molecule has 0 aliphatic carbocycles. The Labute approximate surface area is 97.3 Å². The van der Waals surface area contributed by atoms with Gasteiger partial charge in [-0.2, -0.15) is 0 Å². The SMILES string of the molecule is CCCN(CCO)c1ccc([C@@H](C)O)cc1. The van der Waals surface area contributed by atoms with Crippen molar-refractivity contribution in [1.29, 1.82) is 0 Å². The summed E-state index contributed by atoms with van der Waals surface area (Å²) in [7, 11) is 0. The lowest BCUT2D eigenvalue weighted by molar-refractivity contribution is 0.199. The highest BCUT2D eigenvalue weighted by Crippen LogP contribution is 2.19. The van der Waals surface area contributed by atoms with Crippen molar-refractivity contribution in [2.75, 3.05) is 24.6 Å². The van der Waals surface area contributed by atoms with E-state index in [1.807, 2.05) is 24.3 Å². The van der Waals surface area contributed by atoms with Crippen LogP contribution >= 0.6 is 0 Å². The third-order valence-electron chi connectivity index (χ3n) is 2.60. The lowest BCUT2D eigenvalue weighted by Gasteiger charge is -2.23. The number of aliphatic hydroxyl groups is 2. The maximum atomic E-state index is 9.41. The molecule has 0 aliphatic heterocycles. The van der Waals surface area contributed by atoms with Crippen LogP contribution in [0.4, 0.5) is 5.69 Å². The molecular formula is C13H21NO2. The van der Waals surface area contributed by atoms with Crippen molar-refractivity contribution in [3.8, 4) is 0 Å². The van der Waals surface area contributed by atoms with Crippen molar-refractivity contribution in [3.05, 3.63) is 29.8 Å². The molecule has 1 atom stereocenters. The fraction of sp³-hybridized carbons (Fsp3) is 0.538. The Morgan fingerprint density at radius 1 is 1.19 bits per heavy atom. The maximum absolute atomic E-state index is 9.41. The smallest absolute Gasteiger partial charge is 0.0761 e. The van der Waals surface area contributed by atoms with Crippen LogP contribution in [-0.2, 0) is 0 Å². The number of hydrogen-bond acceptors (Lipinski definition) is 3. The van der Waals surface area contributed by atoms with E-state index in [2.05, 4.69) is 11.8 Å². The van der Waals surface area contributed by atoms with Crippen molar-refractivity contribution in [3.63, 3.8) is 0 Å². The van der Waals surface area contributed by atoms with Gasteiger partial charge in [0.1, 0.15) is 0 Å². The highest BCUT2D eigenvalue weighted by atomic mass is 16.3. The summed E-state index contributed by atoms with van der Waals surface area (Å²) >= 11 is 0. The van der Waals surface area contributed by atoms with E-state index in [4.69, 9.17) is 5.11 Å². The summed E-state index contributed by atoms with van der Waals surface area (Å²) in [6, 6.07) is 7.85. The van der Waals surface area contributed by atoms with Crippen LogP contribution in [-0.4, -0.2) is 29.9 Å². The average Bonchev–Trinajstić information content (AvgIpc) is 2.29. The Kier molecular flexibility index (Phi) is 5.29. The summed E-state index contributed by atoms with van der Waals surface area (Å²) in [5, 5.41) is 18.4. The second-order valence-corrected chi connectivity index (χ2v) is 3.98. The Morgan fingerprint density at radius 3 is 2.25 bits per heavy atom. The first-order chi connectivity index (χ1) is 7.69. The van der Waals surface area contributed by atoms with E-state index < -0.39 is 6.10 Å². The van der Waals surface area contributed by atoms with Crippen LogP contribution < -0.4 is 4.90 Å². The van der Waals surface area contributed by atoms with Crippen LogP contribution in [0.15, 0.2) is 24.3 Å². The molecule has 2 N–H and O–H groups in total. The molecule has 0 fully saturated rings. The highest BCUT2D eigenvalue weighted by Gasteiger charge is 2.06. The third kappa shape index (κ3) is 3.51. The van der Waals surface area contributed by atoms with E-state index in [9.17, 15) is 5.11 Å². The average molecular weight is 223 g/mol. The van der Waals surface area contributed by atoms with Crippen LogP contribution in [0.3, 0.4) is 0 Å². The van der Waals surface area contributed by atoms with Gasteiger partial charge in [0.15, 0.2) is 0 Å². The molecule has 0 aromatic heterocycles. The molecule has 1 aromatic carbocycles. The minimum atomic E-state index is -0.425. The van der Waals surface area contributed by atoms with Crippen molar-refractivity contribution in [2.24, 2.45) is 0 Å². The predicted octanol–water partition coefficient (Wildman–Crippen LogP) is 1.95. The molecule has 0 spiro atoms. The zero-order chi connectivity index (χ0) is 12.0. The van der Waals surface area contributed by atoms with E-state index in [-0.39, 0.29) is 6.61 Å². The van der Waals surface area contributed by atoms with Crippen LogP contribution in [0.5, 0.6) is 0 Å². The van der Waals surface area contributed by atoms with Gasteiger partial charge in [-0.05, 0) is 31.0 Å². The van der Waals surface area contributed by atoms with Crippen LogP contribution in [0.25, 0.3) is 0 Å². The van der Waals surface area contributed by atoms with Crippen molar-refractivity contribution < 1.29 is 10.2 Å². The van der Waals surface area contributed by atoms with E-state index in [0.29, 0.717) is 6.54 Å². The molecule has 0 saturated heterocycles. The van der Waals surface area contributed by atoms with E-state index in [0.717, 1.165) is 24.2 Å². The summed E-state index contributed by atoms with van der Waals surface area (Å²) < 4.78 is 0. The molecule has 0 aliphatic rings. The van der Waals surface area contributed by atoms with Gasteiger partial charge < -0.3 is 15.1 Å². The van der Waals surface area contributed by atoms with Gasteiger partial charge in [0.2, 0.25) is 0 Å². The number of nitrogens with zero attached hydrogens (tertiary/aromatic N) is 1. The lowest BCUT2D eigenvalue weighted by Crippen LogP contribution is -2.27. The first-order valence-electron chi connectivity index (χ1n) is 5.82. The Morgan fingerprint density at radius 2 is 1.81 bits per heavy atom. The van der Waals surface area contributed by atoms with Crippen molar-refractivity contribution in [1.82, 2.24) is 0 Å². The van der Waals surface area contributed by atoms with E-state index >= 15 is 0 Å². The molecule has 0 radical (unpaired) electrons. The largest absolute Gasteiger partial charge is 0.395 e. The van der Waals surface area contributed by atoms with Gasteiger partial charge in [-0.1, -0.05) is 19.1 Å². The first kappa shape index (κ1) is 13.0.